The second kappa shape index (κ2) is 9.79. The lowest BCUT2D eigenvalue weighted by Crippen LogP contribution is -2.56. The summed E-state index contributed by atoms with van der Waals surface area (Å²) in [6, 6.07) is 8.86. The molecule has 0 amide bonds. The molecule has 1 N–H and O–H groups in total. The molecule has 1 heterocycles. The minimum atomic E-state index is -0.791. The Morgan fingerprint density at radius 2 is 1.82 bits per heavy atom. The summed E-state index contributed by atoms with van der Waals surface area (Å²) in [5.41, 5.74) is 2.93. The average molecular weight is 455 g/mol. The lowest BCUT2D eigenvalue weighted by atomic mass is 9.57. The zero-order valence-electron chi connectivity index (χ0n) is 21.1. The zero-order valence-corrected chi connectivity index (χ0v) is 21.1. The summed E-state index contributed by atoms with van der Waals surface area (Å²) in [7, 11) is 0. The molecule has 2 aliphatic carbocycles. The summed E-state index contributed by atoms with van der Waals surface area (Å²) in [4.78, 5) is 16.7. The number of hydrogen-bond acceptors (Lipinski definition) is 5. The highest BCUT2D eigenvalue weighted by molar-refractivity contribution is 5.66. The Bertz CT molecular complexity index is 858. The number of fused-ring (bicyclic) bond motifs is 1. The third kappa shape index (κ3) is 5.14. The van der Waals surface area contributed by atoms with Gasteiger partial charge in [-0.2, -0.15) is 0 Å². The zero-order chi connectivity index (χ0) is 23.8. The van der Waals surface area contributed by atoms with Crippen molar-refractivity contribution < 1.29 is 14.6 Å². The minimum Gasteiger partial charge on any atom is -0.458 e. The minimum absolute atomic E-state index is 0.136. The molecule has 5 heteroatoms. The average Bonchev–Trinajstić information content (AvgIpc) is 2.77. The third-order valence-corrected chi connectivity index (χ3v) is 8.64. The molecule has 2 fully saturated rings. The molecule has 0 aromatic heterocycles. The fraction of sp³-hybridized carbons (Fsp3) is 0.679. The number of anilines is 1. The summed E-state index contributed by atoms with van der Waals surface area (Å²) in [5.74, 6) is 1.04. The monoisotopic (exact) mass is 454 g/mol. The van der Waals surface area contributed by atoms with Gasteiger partial charge < -0.3 is 14.7 Å². The van der Waals surface area contributed by atoms with E-state index in [1.54, 1.807) is 0 Å². The van der Waals surface area contributed by atoms with E-state index in [2.05, 4.69) is 67.8 Å². The molecule has 182 valence electrons. The van der Waals surface area contributed by atoms with E-state index in [0.29, 0.717) is 18.3 Å². The Morgan fingerprint density at radius 3 is 2.45 bits per heavy atom. The van der Waals surface area contributed by atoms with Gasteiger partial charge in [0.25, 0.3) is 0 Å². The van der Waals surface area contributed by atoms with Crippen molar-refractivity contribution in [2.24, 2.45) is 23.7 Å². The van der Waals surface area contributed by atoms with Crippen molar-refractivity contribution in [1.82, 2.24) is 4.90 Å². The standard InChI is InChI=1S/C28H42N2O3/c1-19-6-9-24(10-7-19)30-14-12-29(13-15-30)18-21(3)25-11-8-22(4)28(32)17-27(33-23(5)31)20(2)16-26(25)28/h6-7,9-10,16,21-22,25-27,32H,8,11-15,17-18H2,1-5H3/t21?,22-,25+,26-,27-,28-/m1/s1. The second-order valence-corrected chi connectivity index (χ2v) is 11.0. The van der Waals surface area contributed by atoms with Crippen LogP contribution in [0.25, 0.3) is 0 Å². The molecule has 3 aliphatic rings. The number of esters is 1. The van der Waals surface area contributed by atoms with Crippen molar-refractivity contribution in [3.05, 3.63) is 41.5 Å². The van der Waals surface area contributed by atoms with Gasteiger partial charge in [-0.15, -0.1) is 0 Å². The molecule has 1 unspecified atom stereocenters. The van der Waals surface area contributed by atoms with E-state index in [9.17, 15) is 9.90 Å². The lowest BCUT2D eigenvalue weighted by molar-refractivity contribution is -0.159. The van der Waals surface area contributed by atoms with Crippen LogP contribution >= 0.6 is 0 Å². The number of hydrogen-bond donors (Lipinski definition) is 1. The smallest absolute Gasteiger partial charge is 0.303 e. The molecule has 0 bridgehead atoms. The molecule has 0 spiro atoms. The molecule has 6 atom stereocenters. The number of benzene rings is 1. The van der Waals surface area contributed by atoms with E-state index in [0.717, 1.165) is 51.1 Å². The van der Waals surface area contributed by atoms with Gasteiger partial charge in [0.15, 0.2) is 0 Å². The van der Waals surface area contributed by atoms with E-state index in [-0.39, 0.29) is 23.9 Å². The van der Waals surface area contributed by atoms with E-state index in [4.69, 9.17) is 4.74 Å². The van der Waals surface area contributed by atoms with Crippen LogP contribution in [0.15, 0.2) is 35.9 Å². The van der Waals surface area contributed by atoms with Crippen LogP contribution in [-0.2, 0) is 9.53 Å². The Balaban J connectivity index is 1.40. The number of rotatable bonds is 5. The van der Waals surface area contributed by atoms with Crippen molar-refractivity contribution >= 4 is 11.7 Å². The molecular formula is C28H42N2O3. The summed E-state index contributed by atoms with van der Waals surface area (Å²) in [6.45, 7) is 15.5. The highest BCUT2D eigenvalue weighted by Gasteiger charge is 2.52. The Morgan fingerprint density at radius 1 is 1.15 bits per heavy atom. The Hall–Kier alpha value is -1.85. The first kappa shape index (κ1) is 24.3. The van der Waals surface area contributed by atoms with Gasteiger partial charge in [0, 0.05) is 57.7 Å². The molecule has 0 radical (unpaired) electrons. The predicted octanol–water partition coefficient (Wildman–Crippen LogP) is 4.43. The molecule has 33 heavy (non-hydrogen) atoms. The SMILES string of the molecule is CC(=O)O[C@@H]1C[C@@]2(O)[C@H](C)CC[C@@H](C(C)CN3CCN(c4ccc(C)cc4)CC3)[C@H]2C=C1C. The van der Waals surface area contributed by atoms with E-state index in [1.807, 2.05) is 0 Å². The van der Waals surface area contributed by atoms with Gasteiger partial charge in [-0.05, 0) is 62.1 Å². The van der Waals surface area contributed by atoms with Crippen molar-refractivity contribution in [3.8, 4) is 0 Å². The summed E-state index contributed by atoms with van der Waals surface area (Å²) in [6.07, 6.45) is 4.65. The molecule has 1 saturated carbocycles. The van der Waals surface area contributed by atoms with Crippen LogP contribution in [0.4, 0.5) is 5.69 Å². The van der Waals surface area contributed by atoms with Gasteiger partial charge in [-0.25, -0.2) is 0 Å². The molecule has 1 aliphatic heterocycles. The molecule has 1 saturated heterocycles. The number of aryl methyl sites for hydroxylation is 1. The van der Waals surface area contributed by atoms with Crippen molar-refractivity contribution in [2.45, 2.75) is 65.6 Å². The lowest BCUT2D eigenvalue weighted by Gasteiger charge is -2.53. The topological polar surface area (TPSA) is 53.0 Å². The first-order valence-electron chi connectivity index (χ1n) is 12.8. The number of aliphatic hydroxyl groups is 1. The van der Waals surface area contributed by atoms with Crippen LogP contribution in [0.2, 0.25) is 0 Å². The summed E-state index contributed by atoms with van der Waals surface area (Å²) < 4.78 is 5.56. The highest BCUT2D eigenvalue weighted by Crippen LogP contribution is 2.51. The molecule has 1 aromatic carbocycles. The maximum Gasteiger partial charge on any atom is 0.303 e. The summed E-state index contributed by atoms with van der Waals surface area (Å²) >= 11 is 0. The maximum atomic E-state index is 11.8. The van der Waals surface area contributed by atoms with Gasteiger partial charge in [0.05, 0.1) is 5.60 Å². The van der Waals surface area contributed by atoms with Crippen molar-refractivity contribution in [3.63, 3.8) is 0 Å². The van der Waals surface area contributed by atoms with Crippen LogP contribution < -0.4 is 4.90 Å². The number of nitrogens with zero attached hydrogens (tertiary/aromatic N) is 2. The van der Waals surface area contributed by atoms with Gasteiger partial charge in [0.2, 0.25) is 0 Å². The van der Waals surface area contributed by atoms with Gasteiger partial charge in [-0.1, -0.05) is 37.6 Å². The highest BCUT2D eigenvalue weighted by atomic mass is 16.5. The summed E-state index contributed by atoms with van der Waals surface area (Å²) in [5, 5.41) is 11.8. The van der Waals surface area contributed by atoms with E-state index < -0.39 is 5.60 Å². The van der Waals surface area contributed by atoms with Crippen LogP contribution in [-0.4, -0.2) is 60.4 Å². The van der Waals surface area contributed by atoms with Crippen molar-refractivity contribution in [1.29, 1.82) is 0 Å². The number of carbonyl (C=O) groups is 1. The normalized spacial score (nSPS) is 33.8. The Kier molecular flexibility index (Phi) is 7.20. The Labute approximate surface area is 199 Å². The molecule has 4 rings (SSSR count). The quantitative estimate of drug-likeness (QED) is 0.527. The molecule has 1 aromatic rings. The maximum absolute atomic E-state index is 11.8. The van der Waals surface area contributed by atoms with E-state index >= 15 is 0 Å². The van der Waals surface area contributed by atoms with Crippen LogP contribution in [0, 0.1) is 30.6 Å². The third-order valence-electron chi connectivity index (χ3n) is 8.64. The fourth-order valence-corrected chi connectivity index (χ4v) is 6.49. The van der Waals surface area contributed by atoms with Crippen LogP contribution in [0.3, 0.4) is 0 Å². The van der Waals surface area contributed by atoms with Crippen LogP contribution in [0.1, 0.15) is 52.5 Å². The predicted molar refractivity (Wildman–Crippen MR) is 133 cm³/mol. The van der Waals surface area contributed by atoms with Crippen molar-refractivity contribution in [2.75, 3.05) is 37.6 Å². The largest absolute Gasteiger partial charge is 0.458 e. The first-order chi connectivity index (χ1) is 15.7. The molecular weight excluding hydrogens is 412 g/mol. The van der Waals surface area contributed by atoms with Gasteiger partial charge >= 0.3 is 5.97 Å². The van der Waals surface area contributed by atoms with Gasteiger partial charge in [0.1, 0.15) is 6.10 Å². The van der Waals surface area contributed by atoms with E-state index in [1.165, 1.54) is 18.2 Å². The van der Waals surface area contributed by atoms with Gasteiger partial charge in [-0.3, -0.25) is 9.69 Å². The molecule has 5 nitrogen and oxygen atoms in total. The first-order valence-corrected chi connectivity index (χ1v) is 12.8. The number of ether oxygens (including phenoxy) is 1. The number of piperazine rings is 1. The number of carbonyl (C=O) groups excluding carboxylic acids is 1. The fourth-order valence-electron chi connectivity index (χ4n) is 6.49. The second-order valence-electron chi connectivity index (χ2n) is 11.0. The van der Waals surface area contributed by atoms with Crippen LogP contribution in [0.5, 0.6) is 0 Å².